The van der Waals surface area contributed by atoms with Crippen molar-refractivity contribution in [3.63, 3.8) is 0 Å². The van der Waals surface area contributed by atoms with Gasteiger partial charge in [0.25, 0.3) is 5.71 Å². The third-order valence-electron chi connectivity index (χ3n) is 3.02. The first-order valence-electron chi connectivity index (χ1n) is 7.16. The van der Waals surface area contributed by atoms with Gasteiger partial charge in [0.1, 0.15) is 7.11 Å². The fourth-order valence-electron chi connectivity index (χ4n) is 2.14. The number of carbonyl (C=O) groups is 1. The van der Waals surface area contributed by atoms with E-state index in [1.54, 1.807) is 13.4 Å². The Morgan fingerprint density at radius 3 is 2.35 bits per heavy atom. The van der Waals surface area contributed by atoms with Gasteiger partial charge in [-0.05, 0) is 42.6 Å². The van der Waals surface area contributed by atoms with Gasteiger partial charge in [-0.2, -0.15) is 12.6 Å². The first-order chi connectivity index (χ1) is 11.1. The summed E-state index contributed by atoms with van der Waals surface area (Å²) < 4.78 is 0. The SMILES string of the molecule is CO/[NH+]=C(\c1ccccc1)c1cc(C)ccc1NC(C)=O.CS. The number of rotatable bonds is 4. The van der Waals surface area contributed by atoms with Gasteiger partial charge in [-0.25, -0.2) is 0 Å². The summed E-state index contributed by atoms with van der Waals surface area (Å²) in [4.78, 5) is 16.5. The Morgan fingerprint density at radius 2 is 1.78 bits per heavy atom. The van der Waals surface area contributed by atoms with Gasteiger partial charge in [-0.3, -0.25) is 9.63 Å². The number of nitrogens with one attached hydrogen (secondary N) is 2. The highest BCUT2D eigenvalue weighted by Crippen LogP contribution is 2.20. The van der Waals surface area contributed by atoms with E-state index in [0.29, 0.717) is 0 Å². The second-order valence-corrected chi connectivity index (χ2v) is 4.78. The van der Waals surface area contributed by atoms with Gasteiger partial charge in [-0.1, -0.05) is 29.8 Å². The summed E-state index contributed by atoms with van der Waals surface area (Å²) in [5, 5.41) is 5.78. The van der Waals surface area contributed by atoms with Gasteiger partial charge in [0, 0.05) is 6.92 Å². The number of hydrogen-bond donors (Lipinski definition) is 3. The molecule has 0 spiro atoms. The fourth-order valence-corrected chi connectivity index (χ4v) is 2.14. The van der Waals surface area contributed by atoms with Crippen molar-refractivity contribution in [1.29, 1.82) is 0 Å². The Balaban J connectivity index is 0.00000127. The van der Waals surface area contributed by atoms with Crippen molar-refractivity contribution in [3.8, 4) is 0 Å². The molecule has 0 heterocycles. The van der Waals surface area contributed by atoms with Crippen LogP contribution >= 0.6 is 12.6 Å². The summed E-state index contributed by atoms with van der Waals surface area (Å²) in [6.07, 6.45) is 1.69. The quantitative estimate of drug-likeness (QED) is 0.456. The van der Waals surface area contributed by atoms with Crippen LogP contribution in [0.3, 0.4) is 0 Å². The van der Waals surface area contributed by atoms with E-state index in [1.807, 2.05) is 55.5 Å². The molecule has 4 nitrogen and oxygen atoms in total. The lowest BCUT2D eigenvalue weighted by Gasteiger charge is -2.09. The predicted octanol–water partition coefficient (Wildman–Crippen LogP) is 1.98. The molecule has 1 amide bonds. The van der Waals surface area contributed by atoms with Gasteiger partial charge in [0.15, 0.2) is 0 Å². The number of anilines is 1. The molecule has 0 fully saturated rings. The largest absolute Gasteiger partial charge is 0.326 e. The minimum Gasteiger partial charge on any atom is -0.326 e. The third kappa shape index (κ3) is 5.45. The number of hydrogen-bond acceptors (Lipinski definition) is 3. The summed E-state index contributed by atoms with van der Waals surface area (Å²) in [7, 11) is 1.57. The molecule has 0 radical (unpaired) electrons. The molecule has 2 aromatic carbocycles. The smallest absolute Gasteiger partial charge is 0.264 e. The Labute approximate surface area is 143 Å². The van der Waals surface area contributed by atoms with Crippen molar-refractivity contribution in [2.45, 2.75) is 13.8 Å². The first kappa shape index (κ1) is 18.8. The molecule has 2 N–H and O–H groups in total. The molecule has 0 saturated heterocycles. The monoisotopic (exact) mass is 331 g/mol. The minimum absolute atomic E-state index is 0.107. The maximum atomic E-state index is 11.4. The average Bonchev–Trinajstić information content (AvgIpc) is 2.57. The molecule has 0 atom stereocenters. The first-order valence-corrected chi connectivity index (χ1v) is 8.06. The van der Waals surface area contributed by atoms with Crippen molar-refractivity contribution in [1.82, 2.24) is 0 Å². The number of aryl methyl sites for hydroxylation is 1. The lowest BCUT2D eigenvalue weighted by atomic mass is 9.99. The van der Waals surface area contributed by atoms with Crippen molar-refractivity contribution in [2.24, 2.45) is 0 Å². The van der Waals surface area contributed by atoms with Gasteiger partial charge in [-0.15, -0.1) is 0 Å². The highest BCUT2D eigenvalue weighted by atomic mass is 32.1. The Bertz CT molecular complexity index is 670. The second kappa shape index (κ2) is 9.69. The van der Waals surface area contributed by atoms with Crippen LogP contribution in [0.1, 0.15) is 23.6 Å². The van der Waals surface area contributed by atoms with E-state index >= 15 is 0 Å². The lowest BCUT2D eigenvalue weighted by molar-refractivity contribution is -0.743. The van der Waals surface area contributed by atoms with Crippen LogP contribution in [0.5, 0.6) is 0 Å². The summed E-state index contributed by atoms with van der Waals surface area (Å²) in [6, 6.07) is 15.7. The zero-order chi connectivity index (χ0) is 17.2. The topological polar surface area (TPSA) is 52.3 Å². The molecule has 2 aromatic rings. The molecular weight excluding hydrogens is 308 g/mol. The average molecular weight is 331 g/mol. The molecule has 23 heavy (non-hydrogen) atoms. The number of benzene rings is 2. The van der Waals surface area contributed by atoms with Gasteiger partial charge >= 0.3 is 0 Å². The summed E-state index contributed by atoms with van der Waals surface area (Å²) >= 11 is 3.53. The van der Waals surface area contributed by atoms with Crippen LogP contribution in [-0.2, 0) is 9.63 Å². The molecule has 122 valence electrons. The van der Waals surface area contributed by atoms with E-state index in [0.717, 1.165) is 28.1 Å². The third-order valence-corrected chi connectivity index (χ3v) is 3.02. The zero-order valence-electron chi connectivity index (χ0n) is 13.9. The molecule has 2 rings (SSSR count). The molecule has 0 aliphatic carbocycles. The van der Waals surface area contributed by atoms with Crippen LogP contribution in [0.15, 0.2) is 48.5 Å². The molecular formula is C18H23N2O2S+. The minimum atomic E-state index is -0.107. The van der Waals surface area contributed by atoms with E-state index in [1.165, 1.54) is 6.92 Å². The molecule has 0 saturated carbocycles. The van der Waals surface area contributed by atoms with Gasteiger partial charge < -0.3 is 5.32 Å². The Morgan fingerprint density at radius 1 is 1.13 bits per heavy atom. The number of amides is 1. The van der Waals surface area contributed by atoms with Crippen LogP contribution in [0, 0.1) is 6.92 Å². The zero-order valence-corrected chi connectivity index (χ0v) is 14.8. The second-order valence-electron chi connectivity index (χ2n) is 4.78. The van der Waals surface area contributed by atoms with E-state index in [4.69, 9.17) is 4.84 Å². The van der Waals surface area contributed by atoms with Crippen molar-refractivity contribution < 1.29 is 14.8 Å². The molecule has 0 aromatic heterocycles. The molecule has 0 bridgehead atoms. The normalized spacial score (nSPS) is 10.4. The van der Waals surface area contributed by atoms with Crippen molar-refractivity contribution in [2.75, 3.05) is 18.7 Å². The van der Waals surface area contributed by atoms with Crippen LogP contribution in [0.2, 0.25) is 0 Å². The van der Waals surface area contributed by atoms with Crippen LogP contribution < -0.4 is 10.5 Å². The van der Waals surface area contributed by atoms with Gasteiger partial charge in [0.05, 0.1) is 16.8 Å². The maximum Gasteiger partial charge on any atom is 0.264 e. The highest BCUT2D eigenvalue weighted by Gasteiger charge is 2.19. The summed E-state index contributed by atoms with van der Waals surface area (Å²) in [5.74, 6) is -0.107. The standard InChI is InChI=1S/C17H18N2O2.CH4S/c1-12-9-10-16(18-13(2)20)15(11-12)17(19-21-3)14-7-5-4-6-8-14;1-2/h4-11H,1-3H3,(H,18,20);2H,1H3/p+1/b19-17+;. The molecule has 5 heteroatoms. The Hall–Kier alpha value is -2.27. The van der Waals surface area contributed by atoms with E-state index in [9.17, 15) is 4.79 Å². The van der Waals surface area contributed by atoms with Crippen LogP contribution in [0.25, 0.3) is 0 Å². The maximum absolute atomic E-state index is 11.4. The van der Waals surface area contributed by atoms with E-state index in [-0.39, 0.29) is 5.91 Å². The molecule has 0 unspecified atom stereocenters. The summed E-state index contributed by atoms with van der Waals surface area (Å²) in [6.45, 7) is 3.51. The van der Waals surface area contributed by atoms with Crippen LogP contribution in [0.4, 0.5) is 5.69 Å². The van der Waals surface area contributed by atoms with Gasteiger partial charge in [0.2, 0.25) is 5.91 Å². The lowest BCUT2D eigenvalue weighted by Crippen LogP contribution is -2.71. The Kier molecular flexibility index (Phi) is 7.91. The van der Waals surface area contributed by atoms with Crippen molar-refractivity contribution in [3.05, 3.63) is 65.2 Å². The van der Waals surface area contributed by atoms with E-state index < -0.39 is 0 Å². The fraction of sp³-hybridized carbons (Fsp3) is 0.222. The molecule has 0 aliphatic heterocycles. The van der Waals surface area contributed by atoms with Crippen molar-refractivity contribution >= 4 is 29.9 Å². The predicted molar refractivity (Wildman–Crippen MR) is 98.0 cm³/mol. The highest BCUT2D eigenvalue weighted by molar-refractivity contribution is 7.79. The van der Waals surface area contributed by atoms with Crippen LogP contribution in [-0.4, -0.2) is 25.0 Å². The van der Waals surface area contributed by atoms with E-state index in [2.05, 4.69) is 23.1 Å². The molecule has 0 aliphatic rings. The number of thiol groups is 1. The summed E-state index contributed by atoms with van der Waals surface area (Å²) in [5.41, 5.74) is 4.53. The number of carbonyl (C=O) groups excluding carboxylic acids is 1.